The van der Waals surface area contributed by atoms with Crippen molar-refractivity contribution in [1.82, 2.24) is 20.2 Å². The molecule has 1 aliphatic carbocycles. The van der Waals surface area contributed by atoms with E-state index in [1.54, 1.807) is 25.3 Å². The Hall–Kier alpha value is -2.83. The number of carbonyl (C=O) groups excluding carboxylic acids is 2. The van der Waals surface area contributed by atoms with Crippen molar-refractivity contribution in [3.63, 3.8) is 0 Å². The highest BCUT2D eigenvalue weighted by molar-refractivity contribution is 5.94. The van der Waals surface area contributed by atoms with Crippen LogP contribution in [0, 0.1) is 18.7 Å². The summed E-state index contributed by atoms with van der Waals surface area (Å²) in [5.74, 6) is 0.429. The van der Waals surface area contributed by atoms with Crippen LogP contribution in [0.3, 0.4) is 0 Å². The van der Waals surface area contributed by atoms with E-state index in [0.29, 0.717) is 23.6 Å². The number of likely N-dealkylation sites (tertiary alicyclic amines) is 1. The van der Waals surface area contributed by atoms with Gasteiger partial charge in [-0.05, 0) is 56.7 Å². The smallest absolute Gasteiger partial charge is 0.254 e. The SMILES string of the molecule is Cc1nc(C2CCCCN2C(=O)C2CCC2)ncc1C(=O)NCc1ccc(F)cc1. The summed E-state index contributed by atoms with van der Waals surface area (Å²) in [5, 5.41) is 2.83. The molecule has 1 aliphatic heterocycles. The number of nitrogens with one attached hydrogen (secondary N) is 1. The van der Waals surface area contributed by atoms with Gasteiger partial charge in [0.1, 0.15) is 5.82 Å². The summed E-state index contributed by atoms with van der Waals surface area (Å²) < 4.78 is 13.0. The van der Waals surface area contributed by atoms with E-state index in [1.807, 2.05) is 4.90 Å². The van der Waals surface area contributed by atoms with Crippen molar-refractivity contribution < 1.29 is 14.0 Å². The second-order valence-electron chi connectivity index (χ2n) is 8.21. The van der Waals surface area contributed by atoms with Gasteiger partial charge in [-0.2, -0.15) is 0 Å². The van der Waals surface area contributed by atoms with E-state index in [2.05, 4.69) is 15.3 Å². The molecular formula is C23H27FN4O2. The topological polar surface area (TPSA) is 75.2 Å². The molecule has 1 unspecified atom stereocenters. The zero-order valence-corrected chi connectivity index (χ0v) is 17.2. The van der Waals surface area contributed by atoms with Crippen LogP contribution < -0.4 is 5.32 Å². The van der Waals surface area contributed by atoms with Crippen LogP contribution >= 0.6 is 0 Å². The average Bonchev–Trinajstić information content (AvgIpc) is 2.71. The number of hydrogen-bond donors (Lipinski definition) is 1. The quantitative estimate of drug-likeness (QED) is 0.815. The minimum atomic E-state index is -0.308. The van der Waals surface area contributed by atoms with Crippen LogP contribution in [-0.4, -0.2) is 33.2 Å². The third-order valence-electron chi connectivity index (χ3n) is 6.15. The number of aryl methyl sites for hydroxylation is 1. The predicted octanol–water partition coefficient (Wildman–Crippen LogP) is 3.71. The molecule has 30 heavy (non-hydrogen) atoms. The van der Waals surface area contributed by atoms with Gasteiger partial charge in [-0.25, -0.2) is 14.4 Å². The molecule has 1 saturated carbocycles. The molecular weight excluding hydrogens is 383 g/mol. The maximum absolute atomic E-state index is 13.0. The van der Waals surface area contributed by atoms with Gasteiger partial charge < -0.3 is 10.2 Å². The van der Waals surface area contributed by atoms with Crippen molar-refractivity contribution in [2.45, 2.75) is 58.0 Å². The van der Waals surface area contributed by atoms with Crippen molar-refractivity contribution in [2.75, 3.05) is 6.54 Å². The van der Waals surface area contributed by atoms with Crippen molar-refractivity contribution in [3.05, 3.63) is 58.9 Å². The van der Waals surface area contributed by atoms with Gasteiger partial charge in [0.15, 0.2) is 5.82 Å². The molecule has 0 spiro atoms. The molecule has 7 heteroatoms. The molecule has 1 aromatic carbocycles. The molecule has 4 rings (SSSR count). The number of nitrogens with zero attached hydrogens (tertiary/aromatic N) is 3. The molecule has 1 N–H and O–H groups in total. The molecule has 158 valence electrons. The molecule has 2 fully saturated rings. The Kier molecular flexibility index (Phi) is 6.06. The third kappa shape index (κ3) is 4.35. The second kappa shape index (κ2) is 8.90. The monoisotopic (exact) mass is 410 g/mol. The standard InChI is InChI=1S/C23H27FN4O2/c1-15-19(22(29)26-13-16-8-10-18(24)11-9-16)14-25-21(27-15)20-7-2-3-12-28(20)23(30)17-5-4-6-17/h8-11,14,17,20H,2-7,12-13H2,1H3,(H,26,29). The summed E-state index contributed by atoms with van der Waals surface area (Å²) in [6.45, 7) is 2.84. The third-order valence-corrected chi connectivity index (χ3v) is 6.15. The van der Waals surface area contributed by atoms with Crippen molar-refractivity contribution in [3.8, 4) is 0 Å². The van der Waals surface area contributed by atoms with E-state index >= 15 is 0 Å². The van der Waals surface area contributed by atoms with Crippen LogP contribution in [0.15, 0.2) is 30.5 Å². The number of amides is 2. The van der Waals surface area contributed by atoms with Crippen molar-refractivity contribution in [1.29, 1.82) is 0 Å². The van der Waals surface area contributed by atoms with Gasteiger partial charge in [0.05, 0.1) is 17.3 Å². The summed E-state index contributed by atoms with van der Waals surface area (Å²) in [4.78, 5) is 36.5. The summed E-state index contributed by atoms with van der Waals surface area (Å²) in [6.07, 6.45) is 7.56. The number of hydrogen-bond acceptors (Lipinski definition) is 4. The van der Waals surface area contributed by atoms with Gasteiger partial charge in [0.25, 0.3) is 5.91 Å². The molecule has 0 bridgehead atoms. The molecule has 2 aromatic rings. The zero-order chi connectivity index (χ0) is 21.1. The summed E-state index contributed by atoms with van der Waals surface area (Å²) in [5.41, 5.74) is 1.82. The molecule has 0 radical (unpaired) electrons. The molecule has 1 aromatic heterocycles. The first-order chi connectivity index (χ1) is 14.5. The van der Waals surface area contributed by atoms with Gasteiger partial charge in [0, 0.05) is 25.2 Å². The molecule has 1 atom stereocenters. The number of benzene rings is 1. The zero-order valence-electron chi connectivity index (χ0n) is 17.2. The lowest BCUT2D eigenvalue weighted by Crippen LogP contribution is -2.44. The van der Waals surface area contributed by atoms with Gasteiger partial charge in [0.2, 0.25) is 5.91 Å². The number of piperidine rings is 1. The van der Waals surface area contributed by atoms with Gasteiger partial charge in [-0.3, -0.25) is 9.59 Å². The lowest BCUT2D eigenvalue weighted by molar-refractivity contribution is -0.142. The molecule has 2 heterocycles. The average molecular weight is 410 g/mol. The first-order valence-electron chi connectivity index (χ1n) is 10.7. The fraction of sp³-hybridized carbons (Fsp3) is 0.478. The summed E-state index contributed by atoms with van der Waals surface area (Å²) in [7, 11) is 0. The molecule has 2 aliphatic rings. The lowest BCUT2D eigenvalue weighted by atomic mass is 9.83. The highest BCUT2D eigenvalue weighted by atomic mass is 19.1. The van der Waals surface area contributed by atoms with E-state index in [0.717, 1.165) is 50.6 Å². The minimum absolute atomic E-state index is 0.109. The van der Waals surface area contributed by atoms with Crippen LogP contribution in [0.25, 0.3) is 0 Å². The Balaban J connectivity index is 1.45. The van der Waals surface area contributed by atoms with Crippen LogP contribution in [-0.2, 0) is 11.3 Å². The van der Waals surface area contributed by atoms with Crippen molar-refractivity contribution in [2.24, 2.45) is 5.92 Å². The number of aromatic nitrogens is 2. The Bertz CT molecular complexity index is 927. The Morgan fingerprint density at radius 1 is 1.13 bits per heavy atom. The highest BCUT2D eigenvalue weighted by Gasteiger charge is 2.36. The largest absolute Gasteiger partial charge is 0.348 e. The molecule has 1 saturated heterocycles. The lowest BCUT2D eigenvalue weighted by Gasteiger charge is -2.39. The second-order valence-corrected chi connectivity index (χ2v) is 8.21. The first kappa shape index (κ1) is 20.4. The molecule has 6 nitrogen and oxygen atoms in total. The predicted molar refractivity (Wildman–Crippen MR) is 110 cm³/mol. The minimum Gasteiger partial charge on any atom is -0.348 e. The number of carbonyl (C=O) groups is 2. The number of rotatable bonds is 5. The summed E-state index contributed by atoms with van der Waals surface area (Å²) in [6, 6.07) is 5.90. The van der Waals surface area contributed by atoms with E-state index in [4.69, 9.17) is 0 Å². The highest BCUT2D eigenvalue weighted by Crippen LogP contribution is 2.35. The van der Waals surface area contributed by atoms with Crippen LogP contribution in [0.2, 0.25) is 0 Å². The Morgan fingerprint density at radius 2 is 1.90 bits per heavy atom. The maximum atomic E-state index is 13.0. The molecule has 2 amide bonds. The maximum Gasteiger partial charge on any atom is 0.254 e. The van der Waals surface area contributed by atoms with E-state index in [-0.39, 0.29) is 29.6 Å². The van der Waals surface area contributed by atoms with Crippen LogP contribution in [0.4, 0.5) is 4.39 Å². The van der Waals surface area contributed by atoms with Crippen LogP contribution in [0.1, 0.15) is 72.0 Å². The Labute approximate surface area is 175 Å². The fourth-order valence-corrected chi connectivity index (χ4v) is 4.10. The van der Waals surface area contributed by atoms with Gasteiger partial charge in [-0.1, -0.05) is 18.6 Å². The fourth-order valence-electron chi connectivity index (χ4n) is 4.10. The number of halogens is 1. The summed E-state index contributed by atoms with van der Waals surface area (Å²) >= 11 is 0. The van der Waals surface area contributed by atoms with Crippen LogP contribution in [0.5, 0.6) is 0 Å². The Morgan fingerprint density at radius 3 is 2.57 bits per heavy atom. The van der Waals surface area contributed by atoms with Gasteiger partial charge >= 0.3 is 0 Å². The van der Waals surface area contributed by atoms with E-state index in [1.165, 1.54) is 12.1 Å². The first-order valence-corrected chi connectivity index (χ1v) is 10.7. The van der Waals surface area contributed by atoms with Gasteiger partial charge in [-0.15, -0.1) is 0 Å². The van der Waals surface area contributed by atoms with E-state index < -0.39 is 0 Å². The normalized spacial score (nSPS) is 19.3. The van der Waals surface area contributed by atoms with E-state index in [9.17, 15) is 14.0 Å². The van der Waals surface area contributed by atoms with Crippen molar-refractivity contribution >= 4 is 11.8 Å².